The normalized spacial score (nSPS) is 17.3. The molecule has 13 heteroatoms. The largest absolute Gasteiger partial charge is 0.504 e. The summed E-state index contributed by atoms with van der Waals surface area (Å²) in [7, 11) is -3.21. The number of piperidine rings is 1. The van der Waals surface area contributed by atoms with Gasteiger partial charge in [-0.15, -0.1) is 0 Å². The van der Waals surface area contributed by atoms with Gasteiger partial charge in [-0.25, -0.2) is 22.7 Å². The average molecular weight is 490 g/mol. The van der Waals surface area contributed by atoms with E-state index in [4.69, 9.17) is 5.41 Å². The number of nitrogens with zero attached hydrogens (tertiary/aromatic N) is 5. The van der Waals surface area contributed by atoms with Crippen molar-refractivity contribution < 1.29 is 18.6 Å². The summed E-state index contributed by atoms with van der Waals surface area (Å²) >= 11 is 1.10. The van der Waals surface area contributed by atoms with Gasteiger partial charge in [-0.3, -0.25) is 5.41 Å². The molecular weight excluding hydrogens is 466 g/mol. The molecule has 1 atom stereocenters. The molecule has 0 aliphatic carbocycles. The predicted octanol–water partition coefficient (Wildman–Crippen LogP) is 1.73. The summed E-state index contributed by atoms with van der Waals surface area (Å²) in [5, 5.41) is 37.3. The first kappa shape index (κ1) is 23.1. The van der Waals surface area contributed by atoms with Gasteiger partial charge in [0.15, 0.2) is 27.8 Å². The Morgan fingerprint density at radius 1 is 1.36 bits per heavy atom. The Morgan fingerprint density at radius 2 is 2.12 bits per heavy atom. The number of aromatic nitrogens is 4. The van der Waals surface area contributed by atoms with Crippen LogP contribution < -0.4 is 5.49 Å². The third-order valence-electron chi connectivity index (χ3n) is 5.63. The molecule has 33 heavy (non-hydrogen) atoms. The maximum Gasteiger partial charge on any atom is 0.211 e. The molecule has 1 unspecified atom stereocenters. The molecule has 2 aromatic heterocycles. The predicted molar refractivity (Wildman–Crippen MR) is 120 cm³/mol. The number of aryl methyl sites for hydroxylation is 1. The minimum Gasteiger partial charge on any atom is -0.504 e. The molecule has 11 nitrogen and oxygen atoms in total. The first-order chi connectivity index (χ1) is 15.7. The van der Waals surface area contributed by atoms with Crippen LogP contribution in [0.25, 0.3) is 11.2 Å². The number of imidazole rings is 1. The molecule has 1 saturated heterocycles. The highest BCUT2D eigenvalue weighted by Gasteiger charge is 2.26. The fraction of sp³-hybridized carbons (Fsp3) is 0.400. The van der Waals surface area contributed by atoms with Gasteiger partial charge in [-0.2, -0.15) is 5.26 Å². The van der Waals surface area contributed by atoms with Crippen molar-refractivity contribution in [3.63, 3.8) is 0 Å². The van der Waals surface area contributed by atoms with Gasteiger partial charge in [0.2, 0.25) is 10.0 Å². The summed E-state index contributed by atoms with van der Waals surface area (Å²) in [5.41, 5.74) is 1.16. The van der Waals surface area contributed by atoms with Crippen LogP contribution in [0.5, 0.6) is 11.5 Å². The molecule has 1 aliphatic rings. The van der Waals surface area contributed by atoms with E-state index >= 15 is 0 Å². The maximum absolute atomic E-state index is 11.9. The van der Waals surface area contributed by atoms with Gasteiger partial charge in [0.05, 0.1) is 18.1 Å². The zero-order valence-corrected chi connectivity index (χ0v) is 19.4. The molecule has 0 amide bonds. The number of hydrogen-bond donors (Lipinski definition) is 4. The molecule has 1 aromatic carbocycles. The summed E-state index contributed by atoms with van der Waals surface area (Å²) in [6, 6.07) is 4.45. The fourth-order valence-electron chi connectivity index (χ4n) is 3.89. The Kier molecular flexibility index (Phi) is 6.33. The lowest BCUT2D eigenvalue weighted by Gasteiger charge is -2.31. The first-order valence-corrected chi connectivity index (χ1v) is 12.9. The fourth-order valence-corrected chi connectivity index (χ4v) is 5.71. The van der Waals surface area contributed by atoms with Crippen molar-refractivity contribution in [2.24, 2.45) is 5.92 Å². The summed E-state index contributed by atoms with van der Waals surface area (Å²) in [4.78, 5) is 12.1. The second kappa shape index (κ2) is 9.05. The smallest absolute Gasteiger partial charge is 0.211 e. The van der Waals surface area contributed by atoms with Crippen molar-refractivity contribution in [2.75, 3.05) is 19.3 Å². The minimum absolute atomic E-state index is 0.0237. The number of H-pyrrole nitrogens is 1. The topological polar surface area (TPSA) is 172 Å². The molecule has 1 fully saturated rings. The molecular formula is C20H23N7O4S2. The number of rotatable bonds is 6. The van der Waals surface area contributed by atoms with E-state index in [1.165, 1.54) is 22.7 Å². The monoisotopic (exact) mass is 489 g/mol. The van der Waals surface area contributed by atoms with Gasteiger partial charge in [0, 0.05) is 30.6 Å². The number of aromatic hydroxyl groups is 2. The number of sulfonamides is 1. The second-order valence-corrected chi connectivity index (χ2v) is 11.0. The number of fused-ring (bicyclic) bond motifs is 1. The molecule has 174 valence electrons. The molecule has 1 aliphatic heterocycles. The van der Waals surface area contributed by atoms with E-state index in [2.05, 4.69) is 15.0 Å². The average Bonchev–Trinajstić information content (AvgIpc) is 3.20. The highest BCUT2D eigenvalue weighted by molar-refractivity contribution is 7.99. The van der Waals surface area contributed by atoms with E-state index in [0.29, 0.717) is 40.9 Å². The molecule has 3 aromatic rings. The van der Waals surface area contributed by atoms with Gasteiger partial charge in [-0.05, 0) is 31.2 Å². The number of hydrogen-bond acceptors (Lipinski definition) is 9. The van der Waals surface area contributed by atoms with Gasteiger partial charge < -0.3 is 19.8 Å². The third kappa shape index (κ3) is 4.97. The molecule has 3 heterocycles. The summed E-state index contributed by atoms with van der Waals surface area (Å²) in [6.45, 7) is 1.61. The number of nitrogens with one attached hydrogen (secondary N) is 2. The van der Waals surface area contributed by atoms with E-state index in [9.17, 15) is 23.9 Å². The Hall–Kier alpha value is -3.08. The third-order valence-corrected chi connectivity index (χ3v) is 7.84. The lowest BCUT2D eigenvalue weighted by molar-refractivity contribution is 0.250. The van der Waals surface area contributed by atoms with Gasteiger partial charge >= 0.3 is 0 Å². The molecule has 0 spiro atoms. The number of nitriles is 1. The van der Waals surface area contributed by atoms with E-state index in [1.54, 1.807) is 6.33 Å². The number of phenolic OH excluding ortho intramolecular Hbond substituents is 2. The van der Waals surface area contributed by atoms with Crippen molar-refractivity contribution in [1.82, 2.24) is 23.8 Å². The molecule has 0 bridgehead atoms. The van der Waals surface area contributed by atoms with Crippen LogP contribution in [0.3, 0.4) is 0 Å². The zero-order chi connectivity index (χ0) is 23.8. The van der Waals surface area contributed by atoms with Crippen molar-refractivity contribution in [1.29, 1.82) is 10.7 Å². The van der Waals surface area contributed by atoms with Crippen LogP contribution in [0.1, 0.15) is 24.8 Å². The van der Waals surface area contributed by atoms with E-state index < -0.39 is 10.0 Å². The van der Waals surface area contributed by atoms with Crippen LogP contribution in [0.15, 0.2) is 28.5 Å². The van der Waals surface area contributed by atoms with Gasteiger partial charge in [-0.1, -0.05) is 11.8 Å². The molecule has 0 radical (unpaired) electrons. The molecule has 4 N–H and O–H groups in total. The van der Waals surface area contributed by atoms with E-state index in [-0.39, 0.29) is 28.5 Å². The highest BCUT2D eigenvalue weighted by Crippen LogP contribution is 2.36. The highest BCUT2D eigenvalue weighted by atomic mass is 32.2. The van der Waals surface area contributed by atoms with Crippen molar-refractivity contribution in [2.45, 2.75) is 35.9 Å². The van der Waals surface area contributed by atoms with Crippen molar-refractivity contribution in [3.8, 4) is 17.6 Å². The van der Waals surface area contributed by atoms with Crippen LogP contribution in [-0.2, 0) is 16.6 Å². The van der Waals surface area contributed by atoms with Gasteiger partial charge in [0.25, 0.3) is 0 Å². The Bertz CT molecular complexity index is 1410. The maximum atomic E-state index is 11.9. The van der Waals surface area contributed by atoms with Crippen molar-refractivity contribution >= 4 is 32.9 Å². The van der Waals surface area contributed by atoms with Crippen LogP contribution in [-0.4, -0.2) is 61.8 Å². The van der Waals surface area contributed by atoms with Crippen LogP contribution in [0.4, 0.5) is 0 Å². The lowest BCUT2D eigenvalue weighted by Crippen LogP contribution is -2.39. The zero-order valence-electron chi connectivity index (χ0n) is 17.8. The number of aromatic amines is 1. The second-order valence-electron chi connectivity index (χ2n) is 8.00. The summed E-state index contributed by atoms with van der Waals surface area (Å²) in [6.07, 6.45) is 5.29. The Balaban J connectivity index is 1.57. The SMILES string of the molecule is CS(=O)(=O)N1CCCC(CCn2cnc(=N)c3[nH]c(Sc4cc(O)c(O)cc4C#N)nc32)C1. The molecule has 0 saturated carbocycles. The lowest BCUT2D eigenvalue weighted by atomic mass is 9.96. The molecule has 4 rings (SSSR count). The van der Waals surface area contributed by atoms with Gasteiger partial charge in [0.1, 0.15) is 11.6 Å². The summed E-state index contributed by atoms with van der Waals surface area (Å²) < 4.78 is 27.1. The standard InChI is InChI=1S/C20H23N7O4S2/c1-33(30,31)27-5-2-3-12(10-27)4-6-26-11-23-18(22)17-19(26)25-20(24-17)32-16-8-15(29)14(28)7-13(16)9-21/h7-8,11-12,22,28-29H,2-6,10H2,1H3,(H,24,25). The van der Waals surface area contributed by atoms with Crippen LogP contribution in [0, 0.1) is 22.7 Å². The minimum atomic E-state index is -3.21. The van der Waals surface area contributed by atoms with Crippen LogP contribution in [0.2, 0.25) is 0 Å². The first-order valence-electron chi connectivity index (χ1n) is 10.2. The Morgan fingerprint density at radius 3 is 2.85 bits per heavy atom. The van der Waals surface area contributed by atoms with E-state index in [0.717, 1.165) is 31.0 Å². The van der Waals surface area contributed by atoms with E-state index in [1.807, 2.05) is 10.6 Å². The summed E-state index contributed by atoms with van der Waals surface area (Å²) in [5.74, 6) is -0.507. The van der Waals surface area contributed by atoms with Crippen molar-refractivity contribution in [3.05, 3.63) is 29.5 Å². The Labute approximate surface area is 194 Å². The quantitative estimate of drug-likeness (QED) is 0.379. The number of benzene rings is 1. The van der Waals surface area contributed by atoms with Crippen LogP contribution >= 0.6 is 11.8 Å². The number of phenols is 2.